The van der Waals surface area contributed by atoms with Gasteiger partial charge in [-0.1, -0.05) is 13.0 Å². The Bertz CT molecular complexity index is 1170. The van der Waals surface area contributed by atoms with E-state index >= 15 is 0 Å². The van der Waals surface area contributed by atoms with Crippen molar-refractivity contribution < 1.29 is 9.59 Å². The van der Waals surface area contributed by atoms with Crippen LogP contribution in [0.3, 0.4) is 0 Å². The number of hydrogen-bond acceptors (Lipinski definition) is 6. The van der Waals surface area contributed by atoms with Crippen LogP contribution in [0.25, 0.3) is 11.6 Å². The predicted molar refractivity (Wildman–Crippen MR) is 127 cm³/mol. The molecular weight excluding hydrogens is 422 g/mol. The number of aromatic nitrogens is 1. The third-order valence-electron chi connectivity index (χ3n) is 6.81. The molecular formula is C24H27N5O2S. The fraction of sp³-hybridized carbons (Fsp3) is 0.375. The lowest BCUT2D eigenvalue weighted by molar-refractivity contribution is -0.125. The van der Waals surface area contributed by atoms with Crippen molar-refractivity contribution in [3.05, 3.63) is 57.4 Å². The zero-order valence-corrected chi connectivity index (χ0v) is 18.9. The number of fused-ring (bicyclic) bond motifs is 2. The van der Waals surface area contributed by atoms with Crippen molar-refractivity contribution in [3.63, 3.8) is 0 Å². The lowest BCUT2D eigenvalue weighted by atomic mass is 9.84. The number of nitrogens with two attached hydrogens (primary N) is 2. The summed E-state index contributed by atoms with van der Waals surface area (Å²) in [6, 6.07) is 4.12. The van der Waals surface area contributed by atoms with Gasteiger partial charge in [-0.2, -0.15) is 0 Å². The number of carbonyl (C=O) groups excluding carboxylic acids is 2. The van der Waals surface area contributed by atoms with E-state index in [1.165, 1.54) is 16.0 Å². The number of hydrogen-bond donors (Lipinski definition) is 3. The molecule has 1 aliphatic carbocycles. The minimum absolute atomic E-state index is 0.0170. The summed E-state index contributed by atoms with van der Waals surface area (Å²) in [5.74, 6) is 0.476. The van der Waals surface area contributed by atoms with E-state index in [1.807, 2.05) is 6.07 Å². The van der Waals surface area contributed by atoms with E-state index < -0.39 is 11.1 Å². The van der Waals surface area contributed by atoms with Crippen LogP contribution in [0.1, 0.15) is 41.3 Å². The monoisotopic (exact) mass is 449 g/mol. The Labute approximate surface area is 191 Å². The second kappa shape index (κ2) is 7.65. The SMILES string of the molecule is CCc1ccsc1C1=CC2(N)CN(C(=O)/C=C/c3cnc4c(c3)CCC(=O)N4)CC2(N)C1. The fourth-order valence-electron chi connectivity index (χ4n) is 4.96. The zero-order chi connectivity index (χ0) is 22.5. The number of amides is 2. The first-order chi connectivity index (χ1) is 15.3. The number of nitrogens with zero attached hydrogens (tertiary/aromatic N) is 2. The van der Waals surface area contributed by atoms with E-state index in [0.29, 0.717) is 38.2 Å². The molecule has 3 aliphatic rings. The Morgan fingerprint density at radius 3 is 2.97 bits per heavy atom. The van der Waals surface area contributed by atoms with Crippen LogP contribution in [0.2, 0.25) is 0 Å². The molecule has 0 saturated carbocycles. The first-order valence-corrected chi connectivity index (χ1v) is 11.8. The Hall–Kier alpha value is -2.81. The molecule has 0 radical (unpaired) electrons. The van der Waals surface area contributed by atoms with Crippen LogP contribution in [0.5, 0.6) is 0 Å². The van der Waals surface area contributed by atoms with Gasteiger partial charge in [0, 0.05) is 36.7 Å². The number of thiophene rings is 1. The lowest BCUT2D eigenvalue weighted by Gasteiger charge is -2.31. The highest BCUT2D eigenvalue weighted by atomic mass is 32.1. The molecule has 2 aromatic rings. The standard InChI is InChI=1S/C24H27N5O2S/c1-2-16-7-8-32-21(16)18-10-23(25)13-29(14-24(23,26)11-18)20(31)6-3-15-9-17-4-5-19(30)28-22(17)27-12-15/h3,6-10,12H,2,4-5,11,13-14,25-26H2,1H3,(H,27,28,30)/b6-3+. The van der Waals surface area contributed by atoms with E-state index in [4.69, 9.17) is 11.5 Å². The smallest absolute Gasteiger partial charge is 0.246 e. The molecule has 7 nitrogen and oxygen atoms in total. The molecule has 0 aromatic carbocycles. The van der Waals surface area contributed by atoms with Crippen molar-refractivity contribution in [1.82, 2.24) is 9.88 Å². The summed E-state index contributed by atoms with van der Waals surface area (Å²) in [6.45, 7) is 2.98. The zero-order valence-electron chi connectivity index (χ0n) is 18.1. The van der Waals surface area contributed by atoms with Gasteiger partial charge in [0.1, 0.15) is 5.82 Å². The van der Waals surface area contributed by atoms with Crippen LogP contribution < -0.4 is 16.8 Å². The molecule has 2 aromatic heterocycles. The highest BCUT2D eigenvalue weighted by Gasteiger charge is 2.57. The second-order valence-corrected chi connectivity index (χ2v) is 9.94. The van der Waals surface area contributed by atoms with Gasteiger partial charge < -0.3 is 21.7 Å². The quantitative estimate of drug-likeness (QED) is 0.620. The third kappa shape index (κ3) is 3.48. The summed E-state index contributed by atoms with van der Waals surface area (Å²) in [4.78, 5) is 31.7. The van der Waals surface area contributed by atoms with Crippen molar-refractivity contribution in [1.29, 1.82) is 0 Å². The Balaban J connectivity index is 1.30. The van der Waals surface area contributed by atoms with Gasteiger partial charge in [-0.15, -0.1) is 11.3 Å². The van der Waals surface area contributed by atoms with E-state index in [0.717, 1.165) is 17.5 Å². The maximum atomic E-state index is 12.9. The Morgan fingerprint density at radius 1 is 1.34 bits per heavy atom. The van der Waals surface area contributed by atoms with Crippen LogP contribution in [0.15, 0.2) is 35.9 Å². The molecule has 2 amide bonds. The summed E-state index contributed by atoms with van der Waals surface area (Å²) in [7, 11) is 0. The molecule has 5 rings (SSSR count). The van der Waals surface area contributed by atoms with Gasteiger partial charge in [0.05, 0.1) is 11.1 Å². The third-order valence-corrected chi connectivity index (χ3v) is 7.84. The summed E-state index contributed by atoms with van der Waals surface area (Å²) in [6.07, 6.45) is 9.81. The highest BCUT2D eigenvalue weighted by Crippen LogP contribution is 2.46. The number of nitrogens with one attached hydrogen (secondary N) is 1. The van der Waals surface area contributed by atoms with E-state index in [2.05, 4.69) is 34.7 Å². The first-order valence-electron chi connectivity index (χ1n) is 10.9. The molecule has 166 valence electrons. The molecule has 1 saturated heterocycles. The Morgan fingerprint density at radius 2 is 2.19 bits per heavy atom. The topological polar surface area (TPSA) is 114 Å². The van der Waals surface area contributed by atoms with Crippen LogP contribution >= 0.6 is 11.3 Å². The molecule has 2 aliphatic heterocycles. The predicted octanol–water partition coefficient (Wildman–Crippen LogP) is 2.33. The molecule has 1 fully saturated rings. The largest absolute Gasteiger partial charge is 0.335 e. The van der Waals surface area contributed by atoms with Crippen LogP contribution in [0, 0.1) is 0 Å². The summed E-state index contributed by atoms with van der Waals surface area (Å²) >= 11 is 1.73. The van der Waals surface area contributed by atoms with Gasteiger partial charge in [0.25, 0.3) is 0 Å². The second-order valence-electron chi connectivity index (χ2n) is 9.02. The number of rotatable bonds is 4. The van der Waals surface area contributed by atoms with E-state index in [-0.39, 0.29) is 11.8 Å². The molecule has 32 heavy (non-hydrogen) atoms. The van der Waals surface area contributed by atoms with Crippen LogP contribution in [-0.2, 0) is 22.4 Å². The molecule has 4 heterocycles. The first kappa shape index (κ1) is 21.1. The summed E-state index contributed by atoms with van der Waals surface area (Å²) < 4.78 is 0. The van der Waals surface area contributed by atoms with Crippen molar-refractivity contribution in [2.75, 3.05) is 18.4 Å². The van der Waals surface area contributed by atoms with E-state index in [9.17, 15) is 9.59 Å². The molecule has 2 unspecified atom stereocenters. The van der Waals surface area contributed by atoms with Gasteiger partial charge in [-0.3, -0.25) is 9.59 Å². The van der Waals surface area contributed by atoms with Gasteiger partial charge >= 0.3 is 0 Å². The number of aryl methyl sites for hydroxylation is 2. The average molecular weight is 450 g/mol. The minimum atomic E-state index is -0.730. The minimum Gasteiger partial charge on any atom is -0.335 e. The van der Waals surface area contributed by atoms with Gasteiger partial charge in [-0.25, -0.2) is 4.98 Å². The van der Waals surface area contributed by atoms with Crippen molar-refractivity contribution in [3.8, 4) is 0 Å². The van der Waals surface area contributed by atoms with Crippen molar-refractivity contribution in [2.24, 2.45) is 11.5 Å². The molecule has 0 bridgehead atoms. The Kier molecular flexibility index (Phi) is 5.03. The number of likely N-dealkylation sites (tertiary alicyclic amines) is 1. The summed E-state index contributed by atoms with van der Waals surface area (Å²) in [5, 5.41) is 4.88. The number of pyridine rings is 1. The maximum absolute atomic E-state index is 12.9. The summed E-state index contributed by atoms with van der Waals surface area (Å²) in [5.41, 5.74) is 16.5. The number of anilines is 1. The van der Waals surface area contributed by atoms with E-state index in [1.54, 1.807) is 34.6 Å². The molecule has 8 heteroatoms. The number of carbonyl (C=O) groups is 2. The van der Waals surface area contributed by atoms with Crippen LogP contribution in [-0.4, -0.2) is 45.9 Å². The normalized spacial score (nSPS) is 26.8. The van der Waals surface area contributed by atoms with Crippen LogP contribution in [0.4, 0.5) is 5.82 Å². The maximum Gasteiger partial charge on any atom is 0.246 e. The molecule has 5 N–H and O–H groups in total. The lowest BCUT2D eigenvalue weighted by Crippen LogP contribution is -2.61. The molecule has 0 spiro atoms. The molecule has 2 atom stereocenters. The fourth-order valence-corrected chi connectivity index (χ4v) is 5.98. The highest BCUT2D eigenvalue weighted by molar-refractivity contribution is 7.11. The van der Waals surface area contributed by atoms with Gasteiger partial charge in [-0.05, 0) is 65.1 Å². The average Bonchev–Trinajstić information content (AvgIpc) is 3.40. The van der Waals surface area contributed by atoms with Crippen molar-refractivity contribution >= 4 is 40.6 Å². The van der Waals surface area contributed by atoms with Crippen molar-refractivity contribution in [2.45, 2.75) is 43.7 Å². The van der Waals surface area contributed by atoms with Gasteiger partial charge in [0.2, 0.25) is 11.8 Å². The van der Waals surface area contributed by atoms with Gasteiger partial charge in [0.15, 0.2) is 0 Å².